The topological polar surface area (TPSA) is 114 Å². The molecule has 0 atom stereocenters. The molecule has 3 heterocycles. The van der Waals surface area contributed by atoms with Gasteiger partial charge in [-0.15, -0.1) is 0 Å². The highest BCUT2D eigenvalue weighted by molar-refractivity contribution is 5.77. The second-order valence-electron chi connectivity index (χ2n) is 10.2. The molecule has 0 saturated carbocycles. The zero-order chi connectivity index (χ0) is 25.8. The van der Waals surface area contributed by atoms with Crippen molar-refractivity contribution in [1.82, 2.24) is 25.5 Å². The molecule has 3 N–H and O–H groups in total. The summed E-state index contributed by atoms with van der Waals surface area (Å²) in [5, 5.41) is 13.2. The average molecular weight is 499 g/mol. The van der Waals surface area contributed by atoms with Crippen molar-refractivity contribution in [3.05, 3.63) is 72.2 Å². The number of nitrogens with zero attached hydrogens (tertiary/aromatic N) is 3. The Balaban J connectivity index is 1.33. The number of anilines is 2. The Bertz CT molecular complexity index is 1380. The molecule has 1 aliphatic heterocycles. The van der Waals surface area contributed by atoms with Crippen LogP contribution < -0.4 is 15.4 Å². The van der Waals surface area contributed by atoms with E-state index in [2.05, 4.69) is 41.6 Å². The summed E-state index contributed by atoms with van der Waals surface area (Å²) in [5.74, 6) is 1.69. The van der Waals surface area contributed by atoms with E-state index in [1.54, 1.807) is 6.20 Å². The average Bonchev–Trinajstić information content (AvgIpc) is 3.59. The summed E-state index contributed by atoms with van der Waals surface area (Å²) in [6.07, 6.45) is 3.65. The van der Waals surface area contributed by atoms with E-state index in [-0.39, 0.29) is 17.9 Å². The van der Waals surface area contributed by atoms with Gasteiger partial charge in [0.15, 0.2) is 12.4 Å². The van der Waals surface area contributed by atoms with Crippen molar-refractivity contribution in [2.45, 2.75) is 34.0 Å². The third kappa shape index (κ3) is 6.13. The van der Waals surface area contributed by atoms with E-state index in [0.29, 0.717) is 37.2 Å². The molecule has 190 valence electrons. The van der Waals surface area contributed by atoms with Gasteiger partial charge in [0.2, 0.25) is 0 Å². The Morgan fingerprint density at radius 1 is 1.05 bits per heavy atom. The van der Waals surface area contributed by atoms with Crippen LogP contribution in [0, 0.1) is 5.41 Å². The summed E-state index contributed by atoms with van der Waals surface area (Å²) in [6.45, 7) is 7.62. The Labute approximate surface area is 215 Å². The monoisotopic (exact) mass is 498 g/mol. The number of nitrogens with one attached hydrogen (secondary N) is 3. The third-order valence-corrected chi connectivity index (χ3v) is 5.84. The number of H-pyrrole nitrogens is 1. The molecule has 5 rings (SSSR count). The molecule has 2 aromatic heterocycles. The lowest BCUT2D eigenvalue weighted by Crippen LogP contribution is -2.35. The number of fused-ring (bicyclic) bond motifs is 1. The quantitative estimate of drug-likeness (QED) is 0.318. The minimum Gasteiger partial charge on any atom is -0.484 e. The van der Waals surface area contributed by atoms with Crippen molar-refractivity contribution in [3.63, 3.8) is 0 Å². The number of amides is 1. The van der Waals surface area contributed by atoms with Crippen LogP contribution in [-0.2, 0) is 22.7 Å². The number of aromatic amines is 1. The minimum absolute atomic E-state index is 0.0117. The van der Waals surface area contributed by atoms with Crippen LogP contribution in [0.5, 0.6) is 5.75 Å². The van der Waals surface area contributed by atoms with Gasteiger partial charge in [0, 0.05) is 35.1 Å². The van der Waals surface area contributed by atoms with Crippen LogP contribution in [0.15, 0.2) is 60.9 Å². The minimum atomic E-state index is -0.156. The molecule has 0 saturated heterocycles. The second-order valence-corrected chi connectivity index (χ2v) is 10.2. The zero-order valence-corrected chi connectivity index (χ0v) is 21.2. The van der Waals surface area contributed by atoms with Gasteiger partial charge < -0.3 is 20.1 Å². The number of hydrogen-bond acceptors (Lipinski definition) is 7. The van der Waals surface area contributed by atoms with Gasteiger partial charge in [0.05, 0.1) is 25.1 Å². The molecule has 1 aliphatic rings. The summed E-state index contributed by atoms with van der Waals surface area (Å²) in [5.41, 5.74) is 5.61. The van der Waals surface area contributed by atoms with Gasteiger partial charge in [-0.3, -0.25) is 9.89 Å². The summed E-state index contributed by atoms with van der Waals surface area (Å²) >= 11 is 0. The molecular weight excluding hydrogens is 468 g/mol. The van der Waals surface area contributed by atoms with Crippen LogP contribution in [0.25, 0.3) is 22.5 Å². The standard InChI is InChI=1S/C28H30N6O3/c1-28(2,3)17-29-25(35)16-37-22-6-4-5-19(11-22)26-33-24-15-36-14-23(24)27(34-26)32-21-9-7-18(8-10-21)20-12-30-31-13-20/h4-13H,14-17H2,1-3H3,(H,29,35)(H,30,31)(H,32,33,34). The number of aromatic nitrogens is 4. The number of ether oxygens (including phenoxy) is 2. The number of hydrogen-bond donors (Lipinski definition) is 3. The fourth-order valence-electron chi connectivity index (χ4n) is 3.86. The summed E-state index contributed by atoms with van der Waals surface area (Å²) in [6, 6.07) is 15.5. The van der Waals surface area contributed by atoms with E-state index < -0.39 is 0 Å². The number of carbonyl (C=O) groups is 1. The van der Waals surface area contributed by atoms with Gasteiger partial charge in [-0.2, -0.15) is 5.10 Å². The summed E-state index contributed by atoms with van der Waals surface area (Å²) in [7, 11) is 0. The van der Waals surface area contributed by atoms with E-state index in [4.69, 9.17) is 19.4 Å². The molecule has 9 nitrogen and oxygen atoms in total. The Morgan fingerprint density at radius 2 is 1.89 bits per heavy atom. The van der Waals surface area contributed by atoms with Gasteiger partial charge >= 0.3 is 0 Å². The lowest BCUT2D eigenvalue weighted by Gasteiger charge is -2.18. The van der Waals surface area contributed by atoms with Crippen LogP contribution in [0.2, 0.25) is 0 Å². The Morgan fingerprint density at radius 3 is 2.65 bits per heavy atom. The van der Waals surface area contributed by atoms with Gasteiger partial charge in [0.25, 0.3) is 5.91 Å². The van der Waals surface area contributed by atoms with Gasteiger partial charge in [-0.25, -0.2) is 9.97 Å². The number of carbonyl (C=O) groups excluding carboxylic acids is 1. The van der Waals surface area contributed by atoms with E-state index in [0.717, 1.165) is 33.6 Å². The van der Waals surface area contributed by atoms with Crippen molar-refractivity contribution >= 4 is 17.4 Å². The van der Waals surface area contributed by atoms with Crippen LogP contribution >= 0.6 is 0 Å². The van der Waals surface area contributed by atoms with E-state index in [9.17, 15) is 4.79 Å². The molecule has 0 bridgehead atoms. The van der Waals surface area contributed by atoms with Crippen molar-refractivity contribution in [2.24, 2.45) is 5.41 Å². The molecule has 1 amide bonds. The second kappa shape index (κ2) is 10.4. The van der Waals surface area contributed by atoms with E-state index in [1.807, 2.05) is 54.7 Å². The molecule has 9 heteroatoms. The molecule has 0 radical (unpaired) electrons. The first-order valence-electron chi connectivity index (χ1n) is 12.2. The fourth-order valence-corrected chi connectivity index (χ4v) is 3.86. The summed E-state index contributed by atoms with van der Waals surface area (Å²) in [4.78, 5) is 21.7. The summed E-state index contributed by atoms with van der Waals surface area (Å²) < 4.78 is 11.4. The first kappa shape index (κ1) is 24.5. The number of benzene rings is 2. The smallest absolute Gasteiger partial charge is 0.257 e. The molecule has 4 aromatic rings. The van der Waals surface area contributed by atoms with Crippen LogP contribution in [0.3, 0.4) is 0 Å². The maximum absolute atomic E-state index is 12.2. The SMILES string of the molecule is CC(C)(C)CNC(=O)COc1cccc(-c2nc3c(c(Nc4ccc(-c5cn[nH]c5)cc4)n2)COC3)c1. The predicted octanol–water partition coefficient (Wildman–Crippen LogP) is 4.85. The molecule has 0 fully saturated rings. The van der Waals surface area contributed by atoms with E-state index >= 15 is 0 Å². The van der Waals surface area contributed by atoms with Crippen molar-refractivity contribution in [1.29, 1.82) is 0 Å². The van der Waals surface area contributed by atoms with Gasteiger partial charge in [-0.1, -0.05) is 45.0 Å². The highest BCUT2D eigenvalue weighted by atomic mass is 16.5. The van der Waals surface area contributed by atoms with E-state index in [1.165, 1.54) is 0 Å². The Kier molecular flexibility index (Phi) is 6.87. The maximum atomic E-state index is 12.2. The normalized spacial score (nSPS) is 12.7. The first-order valence-corrected chi connectivity index (χ1v) is 12.2. The maximum Gasteiger partial charge on any atom is 0.257 e. The molecule has 0 aliphatic carbocycles. The predicted molar refractivity (Wildman–Crippen MR) is 141 cm³/mol. The number of rotatable bonds is 8. The van der Waals surface area contributed by atoms with Crippen molar-refractivity contribution in [2.75, 3.05) is 18.5 Å². The zero-order valence-electron chi connectivity index (χ0n) is 21.2. The molecule has 0 spiro atoms. The van der Waals surface area contributed by atoms with Crippen molar-refractivity contribution in [3.8, 4) is 28.3 Å². The largest absolute Gasteiger partial charge is 0.484 e. The highest BCUT2D eigenvalue weighted by Gasteiger charge is 2.21. The lowest BCUT2D eigenvalue weighted by atomic mass is 9.97. The van der Waals surface area contributed by atoms with Crippen LogP contribution in [-0.4, -0.2) is 39.2 Å². The molecule has 0 unspecified atom stereocenters. The lowest BCUT2D eigenvalue weighted by molar-refractivity contribution is -0.123. The van der Waals surface area contributed by atoms with Crippen molar-refractivity contribution < 1.29 is 14.3 Å². The fraction of sp³-hybridized carbons (Fsp3) is 0.286. The molecule has 37 heavy (non-hydrogen) atoms. The highest BCUT2D eigenvalue weighted by Crippen LogP contribution is 2.31. The Hall–Kier alpha value is -4.24. The van der Waals surface area contributed by atoms with Gasteiger partial charge in [0.1, 0.15) is 11.6 Å². The molecule has 2 aromatic carbocycles. The third-order valence-electron chi connectivity index (χ3n) is 5.84. The molecular formula is C28H30N6O3. The van der Waals surface area contributed by atoms with Gasteiger partial charge in [-0.05, 0) is 35.2 Å². The first-order chi connectivity index (χ1) is 17.8. The van der Waals surface area contributed by atoms with Crippen LogP contribution in [0.1, 0.15) is 32.0 Å². The van der Waals surface area contributed by atoms with Crippen LogP contribution in [0.4, 0.5) is 11.5 Å².